The molecule has 0 saturated carbocycles. The van der Waals surface area contributed by atoms with Crippen molar-refractivity contribution >= 4 is 10.4 Å². The highest BCUT2D eigenvalue weighted by Gasteiger charge is 2.50. The SMILES string of the molecule is CC(C)(C)c1ccc(S(F)(C(C)(C)C)C(C)(C)C)o1. The predicted octanol–water partition coefficient (Wildman–Crippen LogP) is 6.22. The maximum atomic E-state index is 15.9. The topological polar surface area (TPSA) is 13.1 Å². The second kappa shape index (κ2) is 4.54. The third-order valence-corrected chi connectivity index (χ3v) is 7.43. The van der Waals surface area contributed by atoms with E-state index in [0.717, 1.165) is 5.76 Å². The van der Waals surface area contributed by atoms with E-state index in [1.807, 2.05) is 53.7 Å². The van der Waals surface area contributed by atoms with Crippen LogP contribution < -0.4 is 0 Å². The molecule has 19 heavy (non-hydrogen) atoms. The van der Waals surface area contributed by atoms with Gasteiger partial charge in [-0.15, -0.1) is 0 Å². The molecule has 1 rings (SSSR count). The molecule has 0 aliphatic carbocycles. The van der Waals surface area contributed by atoms with E-state index in [4.69, 9.17) is 4.42 Å². The van der Waals surface area contributed by atoms with Gasteiger partial charge in [-0.3, -0.25) is 0 Å². The molecular formula is C16H29FOS. The number of furan rings is 1. The molecule has 0 atom stereocenters. The van der Waals surface area contributed by atoms with Crippen LogP contribution in [0.4, 0.5) is 3.89 Å². The molecule has 0 amide bonds. The fraction of sp³-hybridized carbons (Fsp3) is 0.750. The van der Waals surface area contributed by atoms with Gasteiger partial charge in [0.25, 0.3) is 0 Å². The van der Waals surface area contributed by atoms with E-state index in [9.17, 15) is 0 Å². The minimum atomic E-state index is -2.56. The lowest BCUT2D eigenvalue weighted by molar-refractivity contribution is 0.353. The molecule has 0 aliphatic heterocycles. The first-order valence-corrected chi connectivity index (χ1v) is 8.37. The Balaban J connectivity index is 3.41. The van der Waals surface area contributed by atoms with Crippen LogP contribution in [-0.4, -0.2) is 9.49 Å². The summed E-state index contributed by atoms with van der Waals surface area (Å²) in [5.41, 5.74) is -0.0889. The first-order valence-electron chi connectivity index (χ1n) is 6.84. The zero-order valence-electron chi connectivity index (χ0n) is 13.8. The van der Waals surface area contributed by atoms with Gasteiger partial charge in [-0.05, 0) is 64.1 Å². The van der Waals surface area contributed by atoms with Crippen molar-refractivity contribution in [1.82, 2.24) is 0 Å². The molecule has 112 valence electrons. The minimum absolute atomic E-state index is 0.0889. The zero-order valence-corrected chi connectivity index (χ0v) is 14.7. The molecule has 0 radical (unpaired) electrons. The Kier molecular flexibility index (Phi) is 3.97. The summed E-state index contributed by atoms with van der Waals surface area (Å²) in [4.78, 5) is 0. The maximum Gasteiger partial charge on any atom is 0.170 e. The molecule has 0 bridgehead atoms. The van der Waals surface area contributed by atoms with Crippen molar-refractivity contribution in [2.24, 2.45) is 0 Å². The van der Waals surface area contributed by atoms with Crippen LogP contribution in [0.15, 0.2) is 21.6 Å². The number of halogens is 1. The summed E-state index contributed by atoms with van der Waals surface area (Å²) in [7, 11) is -2.56. The average Bonchev–Trinajstić information content (AvgIpc) is 2.60. The van der Waals surface area contributed by atoms with Crippen molar-refractivity contribution in [2.75, 3.05) is 0 Å². The van der Waals surface area contributed by atoms with Gasteiger partial charge in [-0.25, -0.2) is 0 Å². The van der Waals surface area contributed by atoms with Crippen molar-refractivity contribution in [3.63, 3.8) is 0 Å². The van der Waals surface area contributed by atoms with Crippen LogP contribution in [0, 0.1) is 0 Å². The van der Waals surface area contributed by atoms with Crippen LogP contribution in [0.3, 0.4) is 0 Å². The van der Waals surface area contributed by atoms with E-state index in [2.05, 4.69) is 20.8 Å². The second-order valence-corrected chi connectivity index (χ2v) is 12.1. The first kappa shape index (κ1) is 16.6. The van der Waals surface area contributed by atoms with Crippen molar-refractivity contribution in [3.05, 3.63) is 17.9 Å². The fourth-order valence-electron chi connectivity index (χ4n) is 2.40. The lowest BCUT2D eigenvalue weighted by Crippen LogP contribution is -2.35. The Hall–Kier alpha value is -0.440. The van der Waals surface area contributed by atoms with Crippen molar-refractivity contribution in [1.29, 1.82) is 0 Å². The third kappa shape index (κ3) is 2.86. The molecule has 1 aromatic heterocycles. The second-order valence-electron chi connectivity index (χ2n) is 8.13. The van der Waals surface area contributed by atoms with E-state index in [0.29, 0.717) is 5.09 Å². The lowest BCUT2D eigenvalue weighted by atomic mass is 9.94. The Morgan fingerprint density at radius 1 is 0.842 bits per heavy atom. The van der Waals surface area contributed by atoms with Crippen LogP contribution >= 0.6 is 10.4 Å². The molecule has 1 nitrogen and oxygen atoms in total. The molecule has 0 N–H and O–H groups in total. The normalized spacial score (nSPS) is 15.7. The van der Waals surface area contributed by atoms with E-state index in [1.165, 1.54) is 0 Å². The molecule has 0 aromatic carbocycles. The van der Waals surface area contributed by atoms with Gasteiger partial charge in [-0.1, -0.05) is 20.8 Å². The van der Waals surface area contributed by atoms with E-state index in [-0.39, 0.29) is 5.41 Å². The average molecular weight is 288 g/mol. The summed E-state index contributed by atoms with van der Waals surface area (Å²) in [6.45, 7) is 18.0. The Morgan fingerprint density at radius 2 is 1.26 bits per heavy atom. The van der Waals surface area contributed by atoms with Crippen LogP contribution in [0.1, 0.15) is 68.1 Å². The van der Waals surface area contributed by atoms with E-state index in [1.54, 1.807) is 0 Å². The van der Waals surface area contributed by atoms with E-state index < -0.39 is 19.9 Å². The monoisotopic (exact) mass is 288 g/mol. The van der Waals surface area contributed by atoms with Gasteiger partial charge >= 0.3 is 0 Å². The highest BCUT2D eigenvalue weighted by Crippen LogP contribution is 2.74. The van der Waals surface area contributed by atoms with E-state index >= 15 is 3.89 Å². The van der Waals surface area contributed by atoms with Gasteiger partial charge in [-0.2, -0.15) is 3.89 Å². The standard InChI is InChI=1S/C16H29FOS/c1-14(2,3)12-10-11-13(18-12)19(17,15(4,5)6)16(7,8)9/h10-11H,1-9H3. The first-order chi connectivity index (χ1) is 8.21. The van der Waals surface area contributed by atoms with Gasteiger partial charge < -0.3 is 4.42 Å². The smallest absolute Gasteiger partial charge is 0.170 e. The lowest BCUT2D eigenvalue weighted by Gasteiger charge is -2.50. The largest absolute Gasteiger partial charge is 0.453 e. The molecule has 3 heteroatoms. The fourth-order valence-corrected chi connectivity index (χ4v) is 5.90. The van der Waals surface area contributed by atoms with Gasteiger partial charge in [0.2, 0.25) is 0 Å². The highest BCUT2D eigenvalue weighted by atomic mass is 32.3. The molecule has 0 saturated heterocycles. The summed E-state index contributed by atoms with van der Waals surface area (Å²) in [6, 6.07) is 3.76. The van der Waals surface area contributed by atoms with Crippen molar-refractivity contribution in [3.8, 4) is 0 Å². The molecule has 0 unspecified atom stereocenters. The minimum Gasteiger partial charge on any atom is -0.453 e. The summed E-state index contributed by atoms with van der Waals surface area (Å²) >= 11 is 0. The summed E-state index contributed by atoms with van der Waals surface area (Å²) in [5, 5.41) is 0.525. The summed E-state index contributed by atoms with van der Waals surface area (Å²) < 4.78 is 21.0. The van der Waals surface area contributed by atoms with Gasteiger partial charge in [0.05, 0.1) is 0 Å². The maximum absolute atomic E-state index is 15.9. The molecule has 0 fully saturated rings. The Morgan fingerprint density at radius 3 is 1.53 bits per heavy atom. The summed E-state index contributed by atoms with van der Waals surface area (Å²) in [5.74, 6) is 0.852. The van der Waals surface area contributed by atoms with Gasteiger partial charge in [0.1, 0.15) is 5.76 Å². The Labute approximate surface area is 119 Å². The van der Waals surface area contributed by atoms with Gasteiger partial charge in [0.15, 0.2) is 5.09 Å². The highest BCUT2D eigenvalue weighted by molar-refractivity contribution is 8.31. The van der Waals surface area contributed by atoms with Crippen molar-refractivity contribution in [2.45, 2.75) is 82.3 Å². The van der Waals surface area contributed by atoms with Crippen LogP contribution in [0.5, 0.6) is 0 Å². The van der Waals surface area contributed by atoms with Crippen LogP contribution in [0.25, 0.3) is 0 Å². The van der Waals surface area contributed by atoms with Crippen LogP contribution in [-0.2, 0) is 5.41 Å². The van der Waals surface area contributed by atoms with Crippen LogP contribution in [0.2, 0.25) is 0 Å². The van der Waals surface area contributed by atoms with Crippen molar-refractivity contribution < 1.29 is 8.30 Å². The molecule has 0 aliphatic rings. The number of rotatable bonds is 1. The zero-order chi connectivity index (χ0) is 15.3. The quantitative estimate of drug-likeness (QED) is 0.597. The molecule has 1 aromatic rings. The number of hydrogen-bond acceptors (Lipinski definition) is 1. The number of hydrogen-bond donors (Lipinski definition) is 0. The molecular weight excluding hydrogens is 259 g/mol. The summed E-state index contributed by atoms with van der Waals surface area (Å²) in [6.07, 6.45) is 0. The third-order valence-electron chi connectivity index (χ3n) is 3.29. The molecule has 1 heterocycles. The van der Waals surface area contributed by atoms with Gasteiger partial charge in [0, 0.05) is 14.9 Å². The predicted molar refractivity (Wildman–Crippen MR) is 83.9 cm³/mol. The Bertz CT molecular complexity index is 427. The molecule has 0 spiro atoms.